The maximum atomic E-state index is 12.5. The maximum Gasteiger partial charge on any atom is 0.332 e. The highest BCUT2D eigenvalue weighted by Gasteiger charge is 2.36. The predicted octanol–water partition coefficient (Wildman–Crippen LogP) is 2.43. The van der Waals surface area contributed by atoms with E-state index in [1.165, 1.54) is 0 Å². The van der Waals surface area contributed by atoms with Gasteiger partial charge in [0.25, 0.3) is 5.91 Å². The van der Waals surface area contributed by atoms with Crippen LogP contribution in [-0.4, -0.2) is 41.1 Å². The van der Waals surface area contributed by atoms with E-state index in [2.05, 4.69) is 0 Å². The van der Waals surface area contributed by atoms with Gasteiger partial charge >= 0.3 is 5.97 Å². The molecule has 1 fully saturated rings. The third-order valence-corrected chi connectivity index (χ3v) is 4.23. The van der Waals surface area contributed by atoms with Crippen LogP contribution in [0.4, 0.5) is 0 Å². The van der Waals surface area contributed by atoms with Gasteiger partial charge < -0.3 is 14.7 Å². The number of hydrogen-bond acceptors (Lipinski definition) is 3. The van der Waals surface area contributed by atoms with Gasteiger partial charge in [0, 0.05) is 13.6 Å². The summed E-state index contributed by atoms with van der Waals surface area (Å²) in [6.45, 7) is 0.470. The van der Waals surface area contributed by atoms with Crippen molar-refractivity contribution in [1.29, 1.82) is 0 Å². The first-order valence-electron chi connectivity index (χ1n) is 7.66. The Bertz CT molecular complexity index is 737. The SMILES string of the molecule is CN(Cc1cccc2ccccc12)C(=O)[C@@H]1CC[C@H](C(=O)O)O1. The highest BCUT2D eigenvalue weighted by molar-refractivity contribution is 5.87. The molecule has 0 aromatic heterocycles. The molecule has 0 saturated carbocycles. The van der Waals surface area contributed by atoms with Gasteiger partial charge in [0.05, 0.1) is 0 Å². The third kappa shape index (κ3) is 3.19. The third-order valence-electron chi connectivity index (χ3n) is 4.23. The Balaban J connectivity index is 1.72. The van der Waals surface area contributed by atoms with Crippen LogP contribution < -0.4 is 0 Å². The molecule has 1 heterocycles. The van der Waals surface area contributed by atoms with E-state index in [1.807, 2.05) is 42.5 Å². The Hall–Kier alpha value is -2.40. The zero-order valence-electron chi connectivity index (χ0n) is 12.9. The fourth-order valence-electron chi connectivity index (χ4n) is 3.01. The molecule has 1 aliphatic heterocycles. The second-order valence-corrected chi connectivity index (χ2v) is 5.86. The maximum absolute atomic E-state index is 12.5. The zero-order chi connectivity index (χ0) is 16.4. The first-order chi connectivity index (χ1) is 11.1. The molecule has 0 unspecified atom stereocenters. The number of carbonyl (C=O) groups is 2. The smallest absolute Gasteiger partial charge is 0.332 e. The van der Waals surface area contributed by atoms with Crippen molar-refractivity contribution in [3.63, 3.8) is 0 Å². The Labute approximate surface area is 134 Å². The van der Waals surface area contributed by atoms with Gasteiger partial charge in [0.1, 0.15) is 6.10 Å². The number of aliphatic carboxylic acids is 1. The van der Waals surface area contributed by atoms with Gasteiger partial charge in [0.15, 0.2) is 6.10 Å². The summed E-state index contributed by atoms with van der Waals surface area (Å²) in [6.07, 6.45) is -0.685. The van der Waals surface area contributed by atoms with Gasteiger partial charge in [-0.15, -0.1) is 0 Å². The van der Waals surface area contributed by atoms with Gasteiger partial charge in [-0.25, -0.2) is 4.79 Å². The normalized spacial score (nSPS) is 20.6. The number of hydrogen-bond donors (Lipinski definition) is 1. The van der Waals surface area contributed by atoms with E-state index in [0.717, 1.165) is 16.3 Å². The van der Waals surface area contributed by atoms with E-state index < -0.39 is 18.2 Å². The van der Waals surface area contributed by atoms with Gasteiger partial charge in [-0.1, -0.05) is 42.5 Å². The van der Waals surface area contributed by atoms with Crippen LogP contribution in [0.2, 0.25) is 0 Å². The molecule has 2 aromatic carbocycles. The average molecular weight is 313 g/mol. The number of carboxylic acid groups (broad SMARTS) is 1. The van der Waals surface area contributed by atoms with Gasteiger partial charge in [-0.05, 0) is 29.2 Å². The lowest BCUT2D eigenvalue weighted by molar-refractivity contribution is -0.154. The van der Waals surface area contributed by atoms with Crippen molar-refractivity contribution in [3.05, 3.63) is 48.0 Å². The molecule has 5 nitrogen and oxygen atoms in total. The van der Waals surface area contributed by atoms with Crippen LogP contribution >= 0.6 is 0 Å². The second-order valence-electron chi connectivity index (χ2n) is 5.86. The lowest BCUT2D eigenvalue weighted by Crippen LogP contribution is -2.36. The fraction of sp³-hybridized carbons (Fsp3) is 0.333. The second kappa shape index (κ2) is 6.38. The van der Waals surface area contributed by atoms with Crippen molar-refractivity contribution in [3.8, 4) is 0 Å². The minimum atomic E-state index is -1.00. The summed E-state index contributed by atoms with van der Waals surface area (Å²) in [6, 6.07) is 14.1. The van der Waals surface area contributed by atoms with Crippen molar-refractivity contribution in [2.75, 3.05) is 7.05 Å². The van der Waals surface area contributed by atoms with Crippen molar-refractivity contribution in [2.24, 2.45) is 0 Å². The van der Waals surface area contributed by atoms with Gasteiger partial charge in [-0.2, -0.15) is 0 Å². The van der Waals surface area contributed by atoms with E-state index in [4.69, 9.17) is 9.84 Å². The quantitative estimate of drug-likeness (QED) is 0.941. The summed E-state index contributed by atoms with van der Waals surface area (Å²) in [5, 5.41) is 11.2. The number of ether oxygens (including phenoxy) is 1. The number of rotatable bonds is 4. The monoisotopic (exact) mass is 313 g/mol. The number of amides is 1. The Morgan fingerprint density at radius 3 is 2.57 bits per heavy atom. The number of benzene rings is 2. The van der Waals surface area contributed by atoms with Crippen molar-refractivity contribution < 1.29 is 19.4 Å². The first-order valence-corrected chi connectivity index (χ1v) is 7.66. The van der Waals surface area contributed by atoms with Crippen LogP contribution in [0, 0.1) is 0 Å². The Kier molecular flexibility index (Phi) is 4.30. The number of fused-ring (bicyclic) bond motifs is 1. The summed E-state index contributed by atoms with van der Waals surface area (Å²) < 4.78 is 5.34. The summed E-state index contributed by atoms with van der Waals surface area (Å²) in [4.78, 5) is 25.0. The summed E-state index contributed by atoms with van der Waals surface area (Å²) in [5.74, 6) is -1.17. The van der Waals surface area contributed by atoms with E-state index >= 15 is 0 Å². The molecular formula is C18H19NO4. The molecule has 0 spiro atoms. The summed E-state index contributed by atoms with van der Waals surface area (Å²) >= 11 is 0. The van der Waals surface area contributed by atoms with Crippen LogP contribution in [0.25, 0.3) is 10.8 Å². The first kappa shape index (κ1) is 15.5. The molecule has 0 bridgehead atoms. The number of likely N-dealkylation sites (N-methyl/N-ethyl adjacent to an activating group) is 1. The molecule has 5 heteroatoms. The predicted molar refractivity (Wildman–Crippen MR) is 86.0 cm³/mol. The minimum absolute atomic E-state index is 0.165. The van der Waals surface area contributed by atoms with Crippen LogP contribution in [0.15, 0.2) is 42.5 Å². The molecule has 1 N–H and O–H groups in total. The van der Waals surface area contributed by atoms with Crippen molar-refractivity contribution >= 4 is 22.6 Å². The molecule has 1 saturated heterocycles. The molecule has 1 amide bonds. The zero-order valence-corrected chi connectivity index (χ0v) is 12.9. The topological polar surface area (TPSA) is 66.8 Å². The Morgan fingerprint density at radius 2 is 1.83 bits per heavy atom. The highest BCUT2D eigenvalue weighted by atomic mass is 16.5. The minimum Gasteiger partial charge on any atom is -0.479 e. The summed E-state index contributed by atoms with van der Waals surface area (Å²) in [5.41, 5.74) is 1.06. The molecular weight excluding hydrogens is 294 g/mol. The average Bonchev–Trinajstić information content (AvgIpc) is 3.04. The number of carbonyl (C=O) groups excluding carboxylic acids is 1. The largest absolute Gasteiger partial charge is 0.479 e. The van der Waals surface area contributed by atoms with Gasteiger partial charge in [-0.3, -0.25) is 4.79 Å². The van der Waals surface area contributed by atoms with E-state index in [-0.39, 0.29) is 5.91 Å². The molecule has 2 atom stereocenters. The molecule has 1 aliphatic rings. The molecule has 3 rings (SSSR count). The van der Waals surface area contributed by atoms with Crippen molar-refractivity contribution in [2.45, 2.75) is 31.6 Å². The Morgan fingerprint density at radius 1 is 1.13 bits per heavy atom. The van der Waals surface area contributed by atoms with Crippen LogP contribution in [0.1, 0.15) is 18.4 Å². The molecule has 120 valence electrons. The lowest BCUT2D eigenvalue weighted by Gasteiger charge is -2.22. The lowest BCUT2D eigenvalue weighted by atomic mass is 10.0. The van der Waals surface area contributed by atoms with Crippen LogP contribution in [0.5, 0.6) is 0 Å². The molecule has 0 radical (unpaired) electrons. The fourth-order valence-corrected chi connectivity index (χ4v) is 3.01. The van der Waals surface area contributed by atoms with E-state index in [9.17, 15) is 9.59 Å². The molecule has 2 aromatic rings. The molecule has 0 aliphatic carbocycles. The van der Waals surface area contributed by atoms with Crippen LogP contribution in [0.3, 0.4) is 0 Å². The van der Waals surface area contributed by atoms with Crippen LogP contribution in [-0.2, 0) is 20.9 Å². The standard InChI is InChI=1S/C18H19NO4/c1-19(17(20)15-9-10-16(23-15)18(21)22)11-13-7-4-6-12-5-2-3-8-14(12)13/h2-8,15-16H,9-11H2,1H3,(H,21,22)/t15-,16+/m0/s1. The van der Waals surface area contributed by atoms with E-state index in [1.54, 1.807) is 11.9 Å². The van der Waals surface area contributed by atoms with Crippen molar-refractivity contribution in [1.82, 2.24) is 4.90 Å². The number of nitrogens with zero attached hydrogens (tertiary/aromatic N) is 1. The highest BCUT2D eigenvalue weighted by Crippen LogP contribution is 2.23. The summed E-state index contributed by atoms with van der Waals surface area (Å²) in [7, 11) is 1.72. The van der Waals surface area contributed by atoms with Gasteiger partial charge in [0.2, 0.25) is 0 Å². The molecule has 23 heavy (non-hydrogen) atoms. The van der Waals surface area contributed by atoms with E-state index in [0.29, 0.717) is 19.4 Å². The number of carboxylic acids is 1.